The van der Waals surface area contributed by atoms with Crippen LogP contribution in [0.1, 0.15) is 51.7 Å². The topological polar surface area (TPSA) is 24.6 Å². The highest BCUT2D eigenvalue weighted by Gasteiger charge is 2.46. The standard InChI is InChI=1S/C80H62BN3O/c1-5-6-33-62-70(44-45-76-77(62)63-36-21-24-39-75(63)85-76)83-71-43-40-56(52-25-11-7-12-26-52)48-67(71)81-66-42-41-59(82-68-37-22-19-34-60(68)61-35-20-23-38-69(61)82)51-72(66)84(74-50-58(80(2,3)4)49-73(83)78(74)81)79-64(54-29-15-9-16-30-54)46-57(53-27-13-8-14-28-53)47-65(79)55-31-17-10-18-32-55/h7-32,34-51H,5-6,33H2,1-4H3. The maximum atomic E-state index is 6.74. The number of benzene rings is 12. The highest BCUT2D eigenvalue weighted by Crippen LogP contribution is 2.54. The average Bonchev–Trinajstić information content (AvgIpc) is 1.72. The summed E-state index contributed by atoms with van der Waals surface area (Å²) in [4.78, 5) is 5.36. The maximum absolute atomic E-state index is 6.74. The van der Waals surface area contributed by atoms with Crippen LogP contribution >= 0.6 is 0 Å². The Morgan fingerprint density at radius 3 is 1.55 bits per heavy atom. The lowest BCUT2D eigenvalue weighted by Gasteiger charge is -2.46. The van der Waals surface area contributed by atoms with Gasteiger partial charge in [0.25, 0.3) is 6.71 Å². The van der Waals surface area contributed by atoms with Crippen LogP contribution in [0.5, 0.6) is 0 Å². The summed E-state index contributed by atoms with van der Waals surface area (Å²) in [5, 5.41) is 4.84. The minimum Gasteiger partial charge on any atom is -0.456 e. The van der Waals surface area contributed by atoms with Crippen LogP contribution in [0.2, 0.25) is 0 Å². The molecule has 0 bridgehead atoms. The molecule has 14 aromatic rings. The second kappa shape index (κ2) is 20.1. The number of fused-ring (bicyclic) bond motifs is 10. The lowest BCUT2D eigenvalue weighted by Crippen LogP contribution is -2.61. The molecule has 406 valence electrons. The zero-order valence-electron chi connectivity index (χ0n) is 48.4. The van der Waals surface area contributed by atoms with E-state index in [9.17, 15) is 0 Å². The van der Waals surface area contributed by atoms with Gasteiger partial charge in [-0.25, -0.2) is 0 Å². The second-order valence-corrected chi connectivity index (χ2v) is 24.2. The van der Waals surface area contributed by atoms with E-state index in [0.717, 1.165) is 80.7 Å². The molecule has 2 aliphatic rings. The molecule has 0 amide bonds. The van der Waals surface area contributed by atoms with Gasteiger partial charge in [0, 0.05) is 61.1 Å². The quantitative estimate of drug-likeness (QED) is 0.128. The van der Waals surface area contributed by atoms with Crippen molar-refractivity contribution in [1.82, 2.24) is 4.57 Å². The molecule has 0 spiro atoms. The van der Waals surface area contributed by atoms with Crippen LogP contribution < -0.4 is 26.2 Å². The van der Waals surface area contributed by atoms with E-state index in [1.54, 1.807) is 0 Å². The Morgan fingerprint density at radius 1 is 0.400 bits per heavy atom. The molecule has 0 aliphatic carbocycles. The van der Waals surface area contributed by atoms with Gasteiger partial charge in [0.1, 0.15) is 11.2 Å². The Bertz CT molecular complexity index is 4810. The summed E-state index contributed by atoms with van der Waals surface area (Å²) in [5.74, 6) is 0. The number of para-hydroxylation sites is 3. The van der Waals surface area contributed by atoms with Crippen molar-refractivity contribution < 1.29 is 4.42 Å². The van der Waals surface area contributed by atoms with Gasteiger partial charge in [0.05, 0.1) is 22.4 Å². The Kier molecular flexibility index (Phi) is 12.0. The summed E-state index contributed by atoms with van der Waals surface area (Å²) >= 11 is 0. The van der Waals surface area contributed by atoms with Crippen LogP contribution in [-0.2, 0) is 11.8 Å². The number of unbranched alkanes of at least 4 members (excludes halogenated alkanes) is 1. The van der Waals surface area contributed by atoms with E-state index < -0.39 is 0 Å². The molecule has 0 radical (unpaired) electrons. The Balaban J connectivity index is 1.08. The largest absolute Gasteiger partial charge is 0.456 e. The first-order chi connectivity index (χ1) is 41.8. The van der Waals surface area contributed by atoms with Crippen LogP contribution in [0.25, 0.3) is 93.9 Å². The molecular formula is C80H62BN3O. The Morgan fingerprint density at radius 2 is 0.941 bits per heavy atom. The number of hydrogen-bond donors (Lipinski definition) is 0. The zero-order valence-corrected chi connectivity index (χ0v) is 48.4. The first kappa shape index (κ1) is 50.6. The van der Waals surface area contributed by atoms with Crippen molar-refractivity contribution in [1.29, 1.82) is 0 Å². The first-order valence-electron chi connectivity index (χ1n) is 30.2. The van der Waals surface area contributed by atoms with Gasteiger partial charge in [0.2, 0.25) is 0 Å². The molecule has 0 saturated carbocycles. The van der Waals surface area contributed by atoms with Crippen molar-refractivity contribution in [3.05, 3.63) is 278 Å². The fourth-order valence-electron chi connectivity index (χ4n) is 14.1. The summed E-state index contributed by atoms with van der Waals surface area (Å²) < 4.78 is 9.22. The highest BCUT2D eigenvalue weighted by molar-refractivity contribution is 7.00. The number of hydrogen-bond acceptors (Lipinski definition) is 3. The van der Waals surface area contributed by atoms with Crippen LogP contribution in [0.15, 0.2) is 271 Å². The predicted molar refractivity (Wildman–Crippen MR) is 361 cm³/mol. The molecule has 4 heterocycles. The summed E-state index contributed by atoms with van der Waals surface area (Å²) in [5.41, 5.74) is 27.8. The minimum absolute atomic E-state index is 0.158. The number of aromatic nitrogens is 1. The van der Waals surface area contributed by atoms with Gasteiger partial charge in [-0.1, -0.05) is 228 Å². The number of nitrogens with zero attached hydrogens (tertiary/aromatic N) is 3. The average molecular weight is 1090 g/mol. The molecule has 4 nitrogen and oxygen atoms in total. The van der Waals surface area contributed by atoms with E-state index >= 15 is 0 Å². The maximum Gasteiger partial charge on any atom is 0.252 e. The molecule has 0 N–H and O–H groups in total. The SMILES string of the molecule is CCCCc1c(N2c3ccc(-c4ccccc4)cc3B3c4ccc(-n5c6ccccc6c6ccccc65)cc4N(c4c(-c5ccccc5)cc(-c5ccccc5)cc4-c4ccccc4)c4cc(C(C)(C)C)cc2c43)ccc2oc3ccccc3c12. The number of anilines is 6. The predicted octanol–water partition coefficient (Wildman–Crippen LogP) is 20.1. The van der Waals surface area contributed by atoms with Crippen molar-refractivity contribution in [2.45, 2.75) is 52.4 Å². The third kappa shape index (κ3) is 8.20. The molecule has 0 saturated heterocycles. The molecular weight excluding hydrogens is 1030 g/mol. The lowest BCUT2D eigenvalue weighted by atomic mass is 9.33. The lowest BCUT2D eigenvalue weighted by molar-refractivity contribution is 0.590. The smallest absolute Gasteiger partial charge is 0.252 e. The summed E-state index contributed by atoms with van der Waals surface area (Å²) in [7, 11) is 0. The van der Waals surface area contributed by atoms with Crippen molar-refractivity contribution in [2.75, 3.05) is 9.80 Å². The Hall–Kier alpha value is -10.1. The van der Waals surface area contributed by atoms with Crippen LogP contribution in [-0.4, -0.2) is 11.3 Å². The van der Waals surface area contributed by atoms with E-state index in [4.69, 9.17) is 4.42 Å². The third-order valence-electron chi connectivity index (χ3n) is 18.1. The molecule has 0 fully saturated rings. The van der Waals surface area contributed by atoms with Crippen LogP contribution in [0.4, 0.5) is 34.1 Å². The molecule has 2 aromatic heterocycles. The van der Waals surface area contributed by atoms with Crippen molar-refractivity contribution in [3.63, 3.8) is 0 Å². The van der Waals surface area contributed by atoms with Crippen LogP contribution in [0.3, 0.4) is 0 Å². The third-order valence-corrected chi connectivity index (χ3v) is 18.1. The number of rotatable bonds is 10. The first-order valence-corrected chi connectivity index (χ1v) is 30.2. The van der Waals surface area contributed by atoms with E-state index in [1.807, 2.05) is 0 Å². The highest BCUT2D eigenvalue weighted by atomic mass is 16.3. The number of aryl methyl sites for hydroxylation is 1. The zero-order chi connectivity index (χ0) is 56.9. The van der Waals surface area contributed by atoms with Gasteiger partial charge >= 0.3 is 0 Å². The van der Waals surface area contributed by atoms with E-state index in [-0.39, 0.29) is 12.1 Å². The van der Waals surface area contributed by atoms with Crippen molar-refractivity contribution in [3.8, 4) is 50.2 Å². The summed E-state index contributed by atoms with van der Waals surface area (Å²) in [6.45, 7) is 9.28. The molecule has 0 atom stereocenters. The van der Waals surface area contributed by atoms with E-state index in [0.29, 0.717) is 0 Å². The van der Waals surface area contributed by atoms with Crippen molar-refractivity contribution in [2.24, 2.45) is 0 Å². The monoisotopic (exact) mass is 1090 g/mol. The fraction of sp³-hybridized carbons (Fsp3) is 0.100. The van der Waals surface area contributed by atoms with Gasteiger partial charge in [-0.2, -0.15) is 0 Å². The minimum atomic E-state index is -0.252. The Labute approximate surface area is 497 Å². The van der Waals surface area contributed by atoms with Gasteiger partial charge in [0.15, 0.2) is 0 Å². The second-order valence-electron chi connectivity index (χ2n) is 24.2. The molecule has 16 rings (SSSR count). The number of furan rings is 1. The molecule has 2 aliphatic heterocycles. The van der Waals surface area contributed by atoms with E-state index in [1.165, 1.54) is 94.1 Å². The fourth-order valence-corrected chi connectivity index (χ4v) is 14.1. The van der Waals surface area contributed by atoms with E-state index in [2.05, 4.69) is 309 Å². The molecule has 0 unspecified atom stereocenters. The normalized spacial score (nSPS) is 12.8. The molecule has 12 aromatic carbocycles. The van der Waals surface area contributed by atoms with Gasteiger partial charge in [-0.3, -0.25) is 0 Å². The summed E-state index contributed by atoms with van der Waals surface area (Å²) in [6, 6.07) is 99.7. The van der Waals surface area contributed by atoms with Gasteiger partial charge in [-0.05, 0) is 152 Å². The summed E-state index contributed by atoms with van der Waals surface area (Å²) in [6.07, 6.45) is 3.01. The molecule has 85 heavy (non-hydrogen) atoms. The van der Waals surface area contributed by atoms with Gasteiger partial charge < -0.3 is 18.8 Å². The van der Waals surface area contributed by atoms with Crippen LogP contribution in [0, 0.1) is 0 Å². The van der Waals surface area contributed by atoms with Crippen molar-refractivity contribution >= 4 is 101 Å². The van der Waals surface area contributed by atoms with Gasteiger partial charge in [-0.15, -0.1) is 0 Å². The molecule has 5 heteroatoms.